The first kappa shape index (κ1) is 16.6. The number of rotatable bonds is 7. The van der Waals surface area contributed by atoms with Gasteiger partial charge in [-0.15, -0.1) is 0 Å². The van der Waals surface area contributed by atoms with Gasteiger partial charge < -0.3 is 4.74 Å². The number of benzene rings is 3. The molecular formula is C19H19NO3S. The van der Waals surface area contributed by atoms with Gasteiger partial charge in [-0.2, -0.15) is 0 Å². The zero-order chi connectivity index (χ0) is 16.8. The van der Waals surface area contributed by atoms with E-state index in [0.29, 0.717) is 18.1 Å². The second-order valence-electron chi connectivity index (χ2n) is 5.41. The van der Waals surface area contributed by atoms with Gasteiger partial charge in [-0.05, 0) is 17.0 Å². The first-order chi connectivity index (χ1) is 11.7. The van der Waals surface area contributed by atoms with Crippen LogP contribution < -0.4 is 4.72 Å². The van der Waals surface area contributed by atoms with Gasteiger partial charge in [-0.1, -0.05) is 66.7 Å². The normalized spacial score (nSPS) is 11.7. The van der Waals surface area contributed by atoms with E-state index in [-0.39, 0.29) is 6.54 Å². The Morgan fingerprint density at radius 3 is 2.38 bits per heavy atom. The third kappa shape index (κ3) is 4.00. The molecule has 5 heteroatoms. The second-order valence-corrected chi connectivity index (χ2v) is 7.15. The van der Waals surface area contributed by atoms with Crippen molar-refractivity contribution in [3.05, 3.63) is 78.4 Å². The predicted octanol–water partition coefficient (Wildman–Crippen LogP) is 3.33. The third-order valence-electron chi connectivity index (χ3n) is 3.69. The zero-order valence-corrected chi connectivity index (χ0v) is 14.0. The van der Waals surface area contributed by atoms with Crippen molar-refractivity contribution in [2.75, 3.05) is 13.2 Å². The standard InChI is InChI=1S/C19H19NO3S/c21-24(22,19-12-6-10-17-9-4-5-11-18(17)19)20-13-14-23-15-16-7-2-1-3-8-16/h1-12,20H,13-15H2. The van der Waals surface area contributed by atoms with E-state index < -0.39 is 10.0 Å². The van der Waals surface area contributed by atoms with Crippen LogP contribution >= 0.6 is 0 Å². The minimum absolute atomic E-state index is 0.235. The van der Waals surface area contributed by atoms with E-state index in [1.807, 2.05) is 60.7 Å². The largest absolute Gasteiger partial charge is 0.375 e. The van der Waals surface area contributed by atoms with Crippen LogP contribution in [-0.4, -0.2) is 21.6 Å². The highest BCUT2D eigenvalue weighted by molar-refractivity contribution is 7.89. The van der Waals surface area contributed by atoms with E-state index in [2.05, 4.69) is 4.72 Å². The quantitative estimate of drug-likeness (QED) is 0.671. The van der Waals surface area contributed by atoms with Crippen LogP contribution in [0.25, 0.3) is 10.8 Å². The summed E-state index contributed by atoms with van der Waals surface area (Å²) in [4.78, 5) is 0.295. The van der Waals surface area contributed by atoms with E-state index in [4.69, 9.17) is 4.74 Å². The molecule has 0 aromatic heterocycles. The fourth-order valence-electron chi connectivity index (χ4n) is 2.52. The van der Waals surface area contributed by atoms with Gasteiger partial charge in [0, 0.05) is 11.9 Å². The van der Waals surface area contributed by atoms with Crippen LogP contribution in [-0.2, 0) is 21.4 Å². The number of hydrogen-bond donors (Lipinski definition) is 1. The summed E-state index contributed by atoms with van der Waals surface area (Å²) in [5.41, 5.74) is 1.06. The maximum atomic E-state index is 12.5. The molecule has 0 aliphatic rings. The Balaban J connectivity index is 1.60. The SMILES string of the molecule is O=S(=O)(NCCOCc1ccccc1)c1cccc2ccccc12. The molecule has 4 nitrogen and oxygen atoms in total. The van der Waals surface area contributed by atoms with E-state index in [0.717, 1.165) is 16.3 Å². The molecule has 0 amide bonds. The van der Waals surface area contributed by atoms with E-state index in [9.17, 15) is 8.42 Å². The van der Waals surface area contributed by atoms with Crippen molar-refractivity contribution in [3.8, 4) is 0 Å². The van der Waals surface area contributed by atoms with Crippen LogP contribution in [0.15, 0.2) is 77.7 Å². The lowest BCUT2D eigenvalue weighted by molar-refractivity contribution is 0.126. The second kappa shape index (κ2) is 7.57. The Hall–Kier alpha value is -2.21. The lowest BCUT2D eigenvalue weighted by atomic mass is 10.1. The summed E-state index contributed by atoms with van der Waals surface area (Å²) < 4.78 is 33.1. The molecule has 0 spiro atoms. The van der Waals surface area contributed by atoms with Crippen molar-refractivity contribution in [1.29, 1.82) is 0 Å². The number of hydrogen-bond acceptors (Lipinski definition) is 3. The van der Waals surface area contributed by atoms with Crippen molar-refractivity contribution in [3.63, 3.8) is 0 Å². The fourth-order valence-corrected chi connectivity index (χ4v) is 3.76. The molecular weight excluding hydrogens is 322 g/mol. The minimum Gasteiger partial charge on any atom is -0.375 e. The topological polar surface area (TPSA) is 55.4 Å². The Labute approximate surface area is 142 Å². The van der Waals surface area contributed by atoms with Crippen LogP contribution in [0.3, 0.4) is 0 Å². The summed E-state index contributed by atoms with van der Waals surface area (Å²) in [6.07, 6.45) is 0. The van der Waals surface area contributed by atoms with Gasteiger partial charge in [0.05, 0.1) is 18.1 Å². The summed E-state index contributed by atoms with van der Waals surface area (Å²) in [6.45, 7) is 1.02. The van der Waals surface area contributed by atoms with Crippen molar-refractivity contribution in [2.45, 2.75) is 11.5 Å². The van der Waals surface area contributed by atoms with Gasteiger partial charge in [0.15, 0.2) is 0 Å². The molecule has 1 N–H and O–H groups in total. The molecule has 24 heavy (non-hydrogen) atoms. The molecule has 0 aliphatic carbocycles. The van der Waals surface area contributed by atoms with Gasteiger partial charge in [-0.3, -0.25) is 0 Å². The molecule has 124 valence electrons. The average Bonchev–Trinajstić information content (AvgIpc) is 2.62. The Morgan fingerprint density at radius 2 is 1.54 bits per heavy atom. The maximum Gasteiger partial charge on any atom is 0.241 e. The Kier molecular flexibility index (Phi) is 5.25. The van der Waals surface area contributed by atoms with Crippen molar-refractivity contribution >= 4 is 20.8 Å². The molecule has 3 rings (SSSR count). The molecule has 0 radical (unpaired) electrons. The molecule has 3 aromatic rings. The number of ether oxygens (including phenoxy) is 1. The van der Waals surface area contributed by atoms with Crippen LogP contribution in [0.1, 0.15) is 5.56 Å². The summed E-state index contributed by atoms with van der Waals surface area (Å²) in [6, 6.07) is 22.5. The molecule has 0 atom stereocenters. The molecule has 0 fully saturated rings. The predicted molar refractivity (Wildman–Crippen MR) is 95.2 cm³/mol. The van der Waals surface area contributed by atoms with E-state index >= 15 is 0 Å². The minimum atomic E-state index is -3.56. The highest BCUT2D eigenvalue weighted by Gasteiger charge is 2.16. The summed E-state index contributed by atoms with van der Waals surface area (Å²) in [5, 5.41) is 1.62. The van der Waals surface area contributed by atoms with Gasteiger partial charge in [0.25, 0.3) is 0 Å². The van der Waals surface area contributed by atoms with Crippen LogP contribution in [0.2, 0.25) is 0 Å². The maximum absolute atomic E-state index is 12.5. The zero-order valence-electron chi connectivity index (χ0n) is 13.2. The number of nitrogens with one attached hydrogen (secondary N) is 1. The fraction of sp³-hybridized carbons (Fsp3) is 0.158. The molecule has 0 bridgehead atoms. The van der Waals surface area contributed by atoms with Crippen molar-refractivity contribution in [2.24, 2.45) is 0 Å². The molecule has 3 aromatic carbocycles. The summed E-state index contributed by atoms with van der Waals surface area (Å²) in [5.74, 6) is 0. The Morgan fingerprint density at radius 1 is 0.833 bits per heavy atom. The van der Waals surface area contributed by atoms with Crippen molar-refractivity contribution < 1.29 is 13.2 Å². The van der Waals surface area contributed by atoms with E-state index in [1.54, 1.807) is 12.1 Å². The first-order valence-electron chi connectivity index (χ1n) is 7.76. The Bertz CT molecular complexity index is 903. The van der Waals surface area contributed by atoms with Crippen LogP contribution in [0, 0.1) is 0 Å². The molecule has 0 saturated heterocycles. The monoisotopic (exact) mass is 341 g/mol. The number of fused-ring (bicyclic) bond motifs is 1. The summed E-state index contributed by atoms with van der Waals surface area (Å²) in [7, 11) is -3.56. The highest BCUT2D eigenvalue weighted by Crippen LogP contribution is 2.22. The summed E-state index contributed by atoms with van der Waals surface area (Å²) >= 11 is 0. The molecule has 0 unspecified atom stereocenters. The van der Waals surface area contributed by atoms with Gasteiger partial charge in [-0.25, -0.2) is 13.1 Å². The van der Waals surface area contributed by atoms with Crippen LogP contribution in [0.5, 0.6) is 0 Å². The lowest BCUT2D eigenvalue weighted by Gasteiger charge is -2.10. The average molecular weight is 341 g/mol. The van der Waals surface area contributed by atoms with Gasteiger partial charge >= 0.3 is 0 Å². The van der Waals surface area contributed by atoms with Crippen LogP contribution in [0.4, 0.5) is 0 Å². The smallest absolute Gasteiger partial charge is 0.241 e. The molecule has 0 heterocycles. The third-order valence-corrected chi connectivity index (χ3v) is 5.21. The number of sulfonamides is 1. The van der Waals surface area contributed by atoms with Gasteiger partial charge in [0.2, 0.25) is 10.0 Å². The van der Waals surface area contributed by atoms with Gasteiger partial charge in [0.1, 0.15) is 0 Å². The van der Waals surface area contributed by atoms with E-state index in [1.165, 1.54) is 0 Å². The highest BCUT2D eigenvalue weighted by atomic mass is 32.2. The molecule has 0 saturated carbocycles. The first-order valence-corrected chi connectivity index (χ1v) is 9.24. The molecule has 0 aliphatic heterocycles. The van der Waals surface area contributed by atoms with Crippen molar-refractivity contribution in [1.82, 2.24) is 4.72 Å². The lowest BCUT2D eigenvalue weighted by Crippen LogP contribution is -2.27.